The van der Waals surface area contributed by atoms with Gasteiger partial charge in [-0.15, -0.1) is 0 Å². The standard InChI is InChI=1S/C22H21ClN4O/c1-15-25-20-10-13-27(21(28)14-18-4-2-3-11-24-18)12-9-19(20)22(26-15)16-5-7-17(23)8-6-16/h2-8,11H,9-10,12-14H2,1H3. The second kappa shape index (κ2) is 8.07. The van der Waals surface area contributed by atoms with Gasteiger partial charge in [-0.2, -0.15) is 0 Å². The van der Waals surface area contributed by atoms with Gasteiger partial charge >= 0.3 is 0 Å². The van der Waals surface area contributed by atoms with E-state index in [1.165, 1.54) is 0 Å². The topological polar surface area (TPSA) is 59.0 Å². The number of fused-ring (bicyclic) bond motifs is 1. The number of pyridine rings is 1. The van der Waals surface area contributed by atoms with Crippen molar-refractivity contribution in [3.8, 4) is 11.3 Å². The number of halogens is 1. The van der Waals surface area contributed by atoms with Crippen LogP contribution in [0, 0.1) is 6.92 Å². The first-order chi connectivity index (χ1) is 13.6. The fourth-order valence-electron chi connectivity index (χ4n) is 3.59. The Kier molecular flexibility index (Phi) is 5.35. The van der Waals surface area contributed by atoms with Crippen molar-refractivity contribution < 1.29 is 4.79 Å². The van der Waals surface area contributed by atoms with Gasteiger partial charge in [-0.3, -0.25) is 9.78 Å². The predicted octanol–water partition coefficient (Wildman–Crippen LogP) is 3.67. The Bertz CT molecular complexity index is 989. The molecule has 1 amide bonds. The molecule has 0 aliphatic carbocycles. The lowest BCUT2D eigenvalue weighted by Crippen LogP contribution is -2.34. The Labute approximate surface area is 169 Å². The van der Waals surface area contributed by atoms with Crippen molar-refractivity contribution in [2.24, 2.45) is 0 Å². The molecule has 0 fully saturated rings. The molecule has 0 N–H and O–H groups in total. The molecule has 142 valence electrons. The van der Waals surface area contributed by atoms with Crippen LogP contribution in [0.25, 0.3) is 11.3 Å². The number of carbonyl (C=O) groups excluding carboxylic acids is 1. The fourth-order valence-corrected chi connectivity index (χ4v) is 3.71. The minimum atomic E-state index is 0.101. The second-order valence-electron chi connectivity index (χ2n) is 6.93. The first-order valence-corrected chi connectivity index (χ1v) is 9.78. The van der Waals surface area contributed by atoms with E-state index in [1.54, 1.807) is 6.20 Å². The van der Waals surface area contributed by atoms with Crippen LogP contribution < -0.4 is 0 Å². The zero-order valence-corrected chi connectivity index (χ0v) is 16.5. The van der Waals surface area contributed by atoms with E-state index in [0.29, 0.717) is 24.5 Å². The van der Waals surface area contributed by atoms with Crippen molar-refractivity contribution in [2.75, 3.05) is 13.1 Å². The van der Waals surface area contributed by atoms with Crippen LogP contribution in [0.3, 0.4) is 0 Å². The third-order valence-corrected chi connectivity index (χ3v) is 5.24. The number of benzene rings is 1. The quantitative estimate of drug-likeness (QED) is 0.682. The highest BCUT2D eigenvalue weighted by Crippen LogP contribution is 2.27. The molecule has 3 aromatic rings. The maximum atomic E-state index is 12.8. The Morgan fingerprint density at radius 2 is 1.86 bits per heavy atom. The summed E-state index contributed by atoms with van der Waals surface area (Å²) in [5.74, 6) is 0.848. The molecule has 0 bridgehead atoms. The number of hydrogen-bond donors (Lipinski definition) is 0. The van der Waals surface area contributed by atoms with Crippen LogP contribution in [-0.2, 0) is 24.1 Å². The Morgan fingerprint density at radius 1 is 1.07 bits per heavy atom. The average Bonchev–Trinajstić information content (AvgIpc) is 2.91. The summed E-state index contributed by atoms with van der Waals surface area (Å²) < 4.78 is 0. The summed E-state index contributed by atoms with van der Waals surface area (Å²) in [5, 5.41) is 0.701. The molecule has 1 aliphatic heterocycles. The van der Waals surface area contributed by atoms with E-state index >= 15 is 0 Å². The van der Waals surface area contributed by atoms with Gasteiger partial charge in [0.2, 0.25) is 5.91 Å². The first-order valence-electron chi connectivity index (χ1n) is 9.40. The predicted molar refractivity (Wildman–Crippen MR) is 109 cm³/mol. The molecule has 0 saturated heterocycles. The van der Waals surface area contributed by atoms with Crippen LogP contribution >= 0.6 is 11.6 Å². The highest BCUT2D eigenvalue weighted by Gasteiger charge is 2.23. The van der Waals surface area contributed by atoms with Crippen LogP contribution in [0.2, 0.25) is 5.02 Å². The molecule has 6 heteroatoms. The molecule has 0 radical (unpaired) electrons. The van der Waals surface area contributed by atoms with Gasteiger partial charge in [0.05, 0.1) is 12.1 Å². The van der Waals surface area contributed by atoms with Crippen molar-refractivity contribution in [3.05, 3.63) is 76.5 Å². The molecule has 3 heterocycles. The van der Waals surface area contributed by atoms with Gasteiger partial charge in [-0.1, -0.05) is 29.8 Å². The van der Waals surface area contributed by atoms with Crippen LogP contribution in [0.4, 0.5) is 0 Å². The van der Waals surface area contributed by atoms with Crippen molar-refractivity contribution in [3.63, 3.8) is 0 Å². The molecule has 0 unspecified atom stereocenters. The van der Waals surface area contributed by atoms with Crippen LogP contribution in [0.5, 0.6) is 0 Å². The summed E-state index contributed by atoms with van der Waals surface area (Å²) in [6, 6.07) is 13.4. The second-order valence-corrected chi connectivity index (χ2v) is 7.37. The van der Waals surface area contributed by atoms with E-state index in [1.807, 2.05) is 54.3 Å². The van der Waals surface area contributed by atoms with E-state index in [2.05, 4.69) is 9.97 Å². The lowest BCUT2D eigenvalue weighted by Gasteiger charge is -2.20. The summed E-state index contributed by atoms with van der Waals surface area (Å²) in [7, 11) is 0. The van der Waals surface area contributed by atoms with E-state index in [9.17, 15) is 4.79 Å². The van der Waals surface area contributed by atoms with Crippen molar-refractivity contribution in [2.45, 2.75) is 26.2 Å². The summed E-state index contributed by atoms with van der Waals surface area (Å²) in [5.41, 5.74) is 4.93. The van der Waals surface area contributed by atoms with Gasteiger partial charge < -0.3 is 4.90 Å². The molecule has 5 nitrogen and oxygen atoms in total. The molecule has 0 saturated carbocycles. The summed E-state index contributed by atoms with van der Waals surface area (Å²) in [6.45, 7) is 3.23. The number of carbonyl (C=O) groups is 1. The van der Waals surface area contributed by atoms with E-state index in [0.717, 1.165) is 46.9 Å². The van der Waals surface area contributed by atoms with Crippen LogP contribution in [0.15, 0.2) is 48.7 Å². The summed E-state index contributed by atoms with van der Waals surface area (Å²) >= 11 is 6.04. The number of aryl methyl sites for hydroxylation is 1. The van der Waals surface area contributed by atoms with Gasteiger partial charge in [-0.25, -0.2) is 9.97 Å². The van der Waals surface area contributed by atoms with Crippen LogP contribution in [0.1, 0.15) is 22.8 Å². The monoisotopic (exact) mass is 392 g/mol. The highest BCUT2D eigenvalue weighted by atomic mass is 35.5. The van der Waals surface area contributed by atoms with E-state index in [4.69, 9.17) is 16.6 Å². The smallest absolute Gasteiger partial charge is 0.228 e. The lowest BCUT2D eigenvalue weighted by molar-refractivity contribution is -0.130. The fraction of sp³-hybridized carbons (Fsp3) is 0.273. The molecular weight excluding hydrogens is 372 g/mol. The zero-order chi connectivity index (χ0) is 19.5. The third kappa shape index (κ3) is 4.04. The number of nitrogens with zero attached hydrogens (tertiary/aromatic N) is 4. The van der Waals surface area contributed by atoms with Gasteiger partial charge in [0.25, 0.3) is 0 Å². The minimum absolute atomic E-state index is 0.101. The molecule has 4 rings (SSSR count). The van der Waals surface area contributed by atoms with Crippen molar-refractivity contribution in [1.29, 1.82) is 0 Å². The summed E-state index contributed by atoms with van der Waals surface area (Å²) in [6.07, 6.45) is 3.51. The Hall–Kier alpha value is -2.79. The normalized spacial score (nSPS) is 13.7. The van der Waals surface area contributed by atoms with E-state index in [-0.39, 0.29) is 5.91 Å². The molecule has 1 aliphatic rings. The van der Waals surface area contributed by atoms with Crippen LogP contribution in [-0.4, -0.2) is 38.8 Å². The van der Waals surface area contributed by atoms with Gasteiger partial charge in [0.15, 0.2) is 0 Å². The van der Waals surface area contributed by atoms with Crippen molar-refractivity contribution >= 4 is 17.5 Å². The lowest BCUT2D eigenvalue weighted by atomic mass is 10.0. The maximum absolute atomic E-state index is 12.8. The zero-order valence-electron chi connectivity index (χ0n) is 15.7. The number of aromatic nitrogens is 3. The SMILES string of the molecule is Cc1nc2c(c(-c3ccc(Cl)cc3)n1)CCN(C(=O)Cc1ccccn1)CC2. The first kappa shape index (κ1) is 18.6. The number of amides is 1. The molecule has 2 aromatic heterocycles. The maximum Gasteiger partial charge on any atom is 0.228 e. The highest BCUT2D eigenvalue weighted by molar-refractivity contribution is 6.30. The van der Waals surface area contributed by atoms with Gasteiger partial charge in [0, 0.05) is 53.2 Å². The van der Waals surface area contributed by atoms with Gasteiger partial charge in [0.1, 0.15) is 5.82 Å². The molecule has 1 aromatic carbocycles. The molecule has 0 atom stereocenters. The largest absolute Gasteiger partial charge is 0.342 e. The average molecular weight is 393 g/mol. The third-order valence-electron chi connectivity index (χ3n) is 4.98. The molecular formula is C22H21ClN4O. The number of rotatable bonds is 3. The minimum Gasteiger partial charge on any atom is -0.342 e. The van der Waals surface area contributed by atoms with E-state index < -0.39 is 0 Å². The van der Waals surface area contributed by atoms with Crippen molar-refractivity contribution in [1.82, 2.24) is 19.9 Å². The molecule has 0 spiro atoms. The summed E-state index contributed by atoms with van der Waals surface area (Å²) in [4.78, 5) is 28.3. The Morgan fingerprint density at radius 3 is 2.61 bits per heavy atom. The van der Waals surface area contributed by atoms with Gasteiger partial charge in [-0.05, 0) is 37.6 Å². The Balaban J connectivity index is 1.57. The molecule has 28 heavy (non-hydrogen) atoms. The number of hydrogen-bond acceptors (Lipinski definition) is 4.